The number of likely N-dealkylation sites (tertiary alicyclic amines) is 1. The molecular weight excluding hydrogens is 254 g/mol. The normalized spacial score (nSPS) is 17.1. The first kappa shape index (κ1) is 14.9. The van der Waals surface area contributed by atoms with Gasteiger partial charge in [-0.05, 0) is 56.9 Å². The molecule has 0 radical (unpaired) electrons. The zero-order chi connectivity index (χ0) is 14.4. The predicted molar refractivity (Wildman–Crippen MR) is 78.3 cm³/mol. The molecule has 0 spiro atoms. The summed E-state index contributed by atoms with van der Waals surface area (Å²) in [4.78, 5) is 12.8. The zero-order valence-electron chi connectivity index (χ0n) is 12.0. The van der Waals surface area contributed by atoms with Gasteiger partial charge in [-0.25, -0.2) is 0 Å². The lowest BCUT2D eigenvalue weighted by atomic mass is 9.89. The van der Waals surface area contributed by atoms with Gasteiger partial charge in [0.1, 0.15) is 5.75 Å². The highest BCUT2D eigenvalue weighted by Crippen LogP contribution is 2.33. The molecule has 0 aliphatic carbocycles. The van der Waals surface area contributed by atoms with Gasteiger partial charge in [-0.2, -0.15) is 0 Å². The van der Waals surface area contributed by atoms with E-state index in [1.807, 2.05) is 12.1 Å². The number of hydrogen-bond acceptors (Lipinski definition) is 3. The summed E-state index contributed by atoms with van der Waals surface area (Å²) in [6.07, 6.45) is 3.03. The Morgan fingerprint density at radius 3 is 2.75 bits per heavy atom. The second-order valence-corrected chi connectivity index (χ2v) is 5.46. The Morgan fingerprint density at radius 1 is 1.35 bits per heavy atom. The summed E-state index contributed by atoms with van der Waals surface area (Å²) in [6.45, 7) is 2.71. The summed E-state index contributed by atoms with van der Waals surface area (Å²) in [7, 11) is 2.16. The second-order valence-electron chi connectivity index (χ2n) is 5.46. The quantitative estimate of drug-likeness (QED) is 0.812. The van der Waals surface area contributed by atoms with Gasteiger partial charge in [0.05, 0.1) is 6.61 Å². The number of rotatable bonds is 6. The lowest BCUT2D eigenvalue weighted by Crippen LogP contribution is -2.29. The monoisotopic (exact) mass is 277 g/mol. The smallest absolute Gasteiger partial charge is 0.303 e. The van der Waals surface area contributed by atoms with Crippen molar-refractivity contribution in [1.29, 1.82) is 0 Å². The van der Waals surface area contributed by atoms with E-state index < -0.39 is 5.97 Å². The highest BCUT2D eigenvalue weighted by Gasteiger charge is 2.21. The fourth-order valence-electron chi connectivity index (χ4n) is 2.67. The van der Waals surface area contributed by atoms with Crippen molar-refractivity contribution in [3.05, 3.63) is 29.8 Å². The number of piperidine rings is 1. The number of nitrogens with zero attached hydrogens (tertiary/aromatic N) is 1. The van der Waals surface area contributed by atoms with Gasteiger partial charge in [-0.3, -0.25) is 4.79 Å². The molecule has 110 valence electrons. The minimum atomic E-state index is -0.766. The van der Waals surface area contributed by atoms with Crippen LogP contribution in [0.5, 0.6) is 5.75 Å². The van der Waals surface area contributed by atoms with Crippen molar-refractivity contribution in [2.24, 2.45) is 0 Å². The number of para-hydroxylation sites is 1. The van der Waals surface area contributed by atoms with Crippen LogP contribution >= 0.6 is 0 Å². The Kier molecular flexibility index (Phi) is 5.41. The first-order valence-electron chi connectivity index (χ1n) is 7.29. The number of carbonyl (C=O) groups is 1. The fourth-order valence-corrected chi connectivity index (χ4v) is 2.67. The summed E-state index contributed by atoms with van der Waals surface area (Å²) in [5, 5.41) is 8.63. The number of ether oxygens (including phenoxy) is 1. The Balaban J connectivity index is 1.93. The van der Waals surface area contributed by atoms with Gasteiger partial charge in [0.15, 0.2) is 0 Å². The van der Waals surface area contributed by atoms with Crippen molar-refractivity contribution in [2.45, 2.75) is 31.6 Å². The maximum absolute atomic E-state index is 10.5. The van der Waals surface area contributed by atoms with Crippen LogP contribution in [-0.2, 0) is 4.79 Å². The number of hydrogen-bond donors (Lipinski definition) is 1. The lowest BCUT2D eigenvalue weighted by molar-refractivity contribution is -0.137. The highest BCUT2D eigenvalue weighted by atomic mass is 16.5. The summed E-state index contributed by atoms with van der Waals surface area (Å²) in [6, 6.07) is 8.17. The van der Waals surface area contributed by atoms with Crippen LogP contribution in [0.3, 0.4) is 0 Å². The van der Waals surface area contributed by atoms with Crippen LogP contribution in [-0.4, -0.2) is 42.7 Å². The minimum absolute atomic E-state index is 0.163. The molecule has 1 heterocycles. The SMILES string of the molecule is CN1CCC(c2ccccc2OCCCC(=O)O)CC1. The summed E-state index contributed by atoms with van der Waals surface area (Å²) < 4.78 is 5.79. The Morgan fingerprint density at radius 2 is 2.05 bits per heavy atom. The molecule has 1 fully saturated rings. The molecule has 20 heavy (non-hydrogen) atoms. The molecule has 0 saturated carbocycles. The van der Waals surface area contributed by atoms with Crippen molar-refractivity contribution < 1.29 is 14.6 Å². The van der Waals surface area contributed by atoms with Crippen molar-refractivity contribution in [3.63, 3.8) is 0 Å². The standard InChI is InChI=1S/C16H23NO3/c1-17-10-8-13(9-11-17)14-5-2-3-6-15(14)20-12-4-7-16(18)19/h2-3,5-6,13H,4,7-12H2,1H3,(H,18,19). The fraction of sp³-hybridized carbons (Fsp3) is 0.562. The highest BCUT2D eigenvalue weighted by molar-refractivity contribution is 5.66. The molecule has 1 aromatic rings. The average molecular weight is 277 g/mol. The van der Waals surface area contributed by atoms with Crippen LogP contribution in [0.2, 0.25) is 0 Å². The van der Waals surface area contributed by atoms with Crippen LogP contribution < -0.4 is 4.74 Å². The molecule has 0 atom stereocenters. The van der Waals surface area contributed by atoms with E-state index in [1.165, 1.54) is 5.56 Å². The second kappa shape index (κ2) is 7.29. The van der Waals surface area contributed by atoms with Crippen molar-refractivity contribution in [3.8, 4) is 5.75 Å². The number of carboxylic acid groups (broad SMARTS) is 1. The third-order valence-corrected chi connectivity index (χ3v) is 3.87. The van der Waals surface area contributed by atoms with E-state index >= 15 is 0 Å². The van der Waals surface area contributed by atoms with E-state index in [2.05, 4.69) is 24.1 Å². The lowest BCUT2D eigenvalue weighted by Gasteiger charge is -2.30. The van der Waals surface area contributed by atoms with Gasteiger partial charge in [0.25, 0.3) is 0 Å². The van der Waals surface area contributed by atoms with Gasteiger partial charge in [-0.15, -0.1) is 0 Å². The van der Waals surface area contributed by atoms with E-state index in [0.717, 1.165) is 31.7 Å². The predicted octanol–water partition coefficient (Wildman–Crippen LogP) is 2.74. The van der Waals surface area contributed by atoms with Gasteiger partial charge in [-0.1, -0.05) is 18.2 Å². The molecule has 1 N–H and O–H groups in total. The molecule has 2 rings (SSSR count). The molecule has 4 nitrogen and oxygen atoms in total. The van der Waals surface area contributed by atoms with E-state index in [9.17, 15) is 4.79 Å². The van der Waals surface area contributed by atoms with Gasteiger partial charge in [0.2, 0.25) is 0 Å². The average Bonchev–Trinajstić information content (AvgIpc) is 2.45. The van der Waals surface area contributed by atoms with Crippen LogP contribution in [0.1, 0.15) is 37.2 Å². The largest absolute Gasteiger partial charge is 0.493 e. The summed E-state index contributed by atoms with van der Waals surface area (Å²) in [5.41, 5.74) is 1.27. The maximum Gasteiger partial charge on any atom is 0.303 e. The molecule has 0 unspecified atom stereocenters. The number of benzene rings is 1. The molecule has 1 saturated heterocycles. The zero-order valence-corrected chi connectivity index (χ0v) is 12.0. The number of carboxylic acids is 1. The van der Waals surface area contributed by atoms with Crippen molar-refractivity contribution >= 4 is 5.97 Å². The van der Waals surface area contributed by atoms with E-state index in [1.54, 1.807) is 0 Å². The maximum atomic E-state index is 10.5. The first-order valence-corrected chi connectivity index (χ1v) is 7.29. The molecule has 1 aliphatic heterocycles. The minimum Gasteiger partial charge on any atom is -0.493 e. The third kappa shape index (κ3) is 4.23. The van der Waals surface area contributed by atoms with Crippen LogP contribution in [0.4, 0.5) is 0 Å². The molecular formula is C16H23NO3. The van der Waals surface area contributed by atoms with E-state index in [-0.39, 0.29) is 6.42 Å². The Bertz CT molecular complexity index is 439. The molecule has 0 bridgehead atoms. The first-order chi connectivity index (χ1) is 9.66. The van der Waals surface area contributed by atoms with Gasteiger partial charge in [0, 0.05) is 6.42 Å². The van der Waals surface area contributed by atoms with E-state index in [0.29, 0.717) is 18.9 Å². The third-order valence-electron chi connectivity index (χ3n) is 3.87. The Labute approximate surface area is 120 Å². The van der Waals surface area contributed by atoms with Crippen molar-refractivity contribution in [2.75, 3.05) is 26.7 Å². The molecule has 1 aromatic carbocycles. The molecule has 1 aliphatic rings. The van der Waals surface area contributed by atoms with Crippen LogP contribution in [0, 0.1) is 0 Å². The van der Waals surface area contributed by atoms with Gasteiger partial charge >= 0.3 is 5.97 Å². The van der Waals surface area contributed by atoms with Gasteiger partial charge < -0.3 is 14.7 Å². The summed E-state index contributed by atoms with van der Waals surface area (Å²) >= 11 is 0. The van der Waals surface area contributed by atoms with Crippen LogP contribution in [0.25, 0.3) is 0 Å². The number of aliphatic carboxylic acids is 1. The van der Waals surface area contributed by atoms with Crippen LogP contribution in [0.15, 0.2) is 24.3 Å². The topological polar surface area (TPSA) is 49.8 Å². The van der Waals surface area contributed by atoms with Crippen molar-refractivity contribution in [1.82, 2.24) is 4.90 Å². The summed E-state index contributed by atoms with van der Waals surface area (Å²) in [5.74, 6) is 0.714. The molecule has 0 amide bonds. The Hall–Kier alpha value is -1.55. The molecule has 4 heteroatoms. The van der Waals surface area contributed by atoms with E-state index in [4.69, 9.17) is 9.84 Å². The molecule has 0 aromatic heterocycles.